The molecule has 4 atom stereocenters. The summed E-state index contributed by atoms with van der Waals surface area (Å²) in [6.45, 7) is 0. The van der Waals surface area contributed by atoms with Gasteiger partial charge in [-0.2, -0.15) is 0 Å². The van der Waals surface area contributed by atoms with Gasteiger partial charge in [-0.05, 0) is 12.5 Å². The molecule has 4 nitrogen and oxygen atoms in total. The first kappa shape index (κ1) is 10.1. The van der Waals surface area contributed by atoms with E-state index in [1.54, 1.807) is 12.2 Å². The average molecular weight is 208 g/mol. The Morgan fingerprint density at radius 2 is 2.13 bits per heavy atom. The zero-order valence-electron chi connectivity index (χ0n) is 8.04. The number of hydrogen-bond donors (Lipinski definition) is 2. The monoisotopic (exact) mass is 208 g/mol. The van der Waals surface area contributed by atoms with Crippen molar-refractivity contribution in [3.05, 3.63) is 24.3 Å². The predicted octanol–water partition coefficient (Wildman–Crippen LogP) is 0.379. The van der Waals surface area contributed by atoms with Crippen molar-refractivity contribution in [3.63, 3.8) is 0 Å². The molecular formula is C11H12O4. The fourth-order valence-electron chi connectivity index (χ4n) is 2.34. The minimum Gasteiger partial charge on any atom is -0.481 e. The van der Waals surface area contributed by atoms with Crippen molar-refractivity contribution in [1.82, 2.24) is 0 Å². The van der Waals surface area contributed by atoms with Gasteiger partial charge in [0.1, 0.15) is 0 Å². The van der Waals surface area contributed by atoms with E-state index in [1.165, 1.54) is 12.2 Å². The maximum atomic E-state index is 11.6. The molecule has 0 fully saturated rings. The van der Waals surface area contributed by atoms with E-state index in [1.807, 2.05) is 0 Å². The third-order valence-corrected chi connectivity index (χ3v) is 3.11. The summed E-state index contributed by atoms with van der Waals surface area (Å²) in [6.07, 6.45) is 5.87. The van der Waals surface area contributed by atoms with Crippen LogP contribution in [-0.2, 0) is 9.59 Å². The normalized spacial score (nSPS) is 38.9. The van der Waals surface area contributed by atoms with Gasteiger partial charge >= 0.3 is 5.97 Å². The molecular weight excluding hydrogens is 196 g/mol. The summed E-state index contributed by atoms with van der Waals surface area (Å²) in [6, 6.07) is 0. The van der Waals surface area contributed by atoms with E-state index in [0.29, 0.717) is 6.42 Å². The first-order chi connectivity index (χ1) is 7.11. The number of aliphatic hydroxyl groups excluding tert-OH is 1. The molecule has 0 amide bonds. The molecule has 0 aromatic rings. The molecule has 15 heavy (non-hydrogen) atoms. The zero-order chi connectivity index (χ0) is 11.0. The zero-order valence-corrected chi connectivity index (χ0v) is 8.04. The maximum absolute atomic E-state index is 11.6. The second-order valence-electron chi connectivity index (χ2n) is 3.97. The summed E-state index contributed by atoms with van der Waals surface area (Å²) in [5.74, 6) is -2.88. The number of allylic oxidation sites excluding steroid dienone is 2. The maximum Gasteiger partial charge on any atom is 0.311 e. The molecule has 0 saturated carbocycles. The van der Waals surface area contributed by atoms with Crippen LogP contribution in [0.25, 0.3) is 0 Å². The lowest BCUT2D eigenvalue weighted by Gasteiger charge is -2.35. The number of rotatable bonds is 1. The number of carbonyl (C=O) groups is 2. The van der Waals surface area contributed by atoms with Crippen LogP contribution >= 0.6 is 0 Å². The first-order valence-electron chi connectivity index (χ1n) is 4.91. The van der Waals surface area contributed by atoms with Gasteiger partial charge in [-0.15, -0.1) is 0 Å². The summed E-state index contributed by atoms with van der Waals surface area (Å²) in [5, 5.41) is 18.6. The topological polar surface area (TPSA) is 74.6 Å². The molecule has 0 spiro atoms. The van der Waals surface area contributed by atoms with Crippen LogP contribution in [0.4, 0.5) is 0 Å². The van der Waals surface area contributed by atoms with E-state index in [-0.39, 0.29) is 11.7 Å². The third-order valence-electron chi connectivity index (χ3n) is 3.11. The van der Waals surface area contributed by atoms with Crippen molar-refractivity contribution in [3.8, 4) is 0 Å². The largest absolute Gasteiger partial charge is 0.481 e. The molecule has 0 aromatic heterocycles. The van der Waals surface area contributed by atoms with Gasteiger partial charge in [-0.1, -0.05) is 18.2 Å². The molecule has 0 unspecified atom stereocenters. The SMILES string of the molecule is O=C1C=C[C@@H](O)[C@@H]2CC=C[C@@H](C(=O)O)[C@H]12. The summed E-state index contributed by atoms with van der Waals surface area (Å²) in [5.41, 5.74) is 0. The number of carbonyl (C=O) groups excluding carboxylic acids is 1. The molecule has 0 aliphatic heterocycles. The van der Waals surface area contributed by atoms with E-state index in [2.05, 4.69) is 0 Å². The van der Waals surface area contributed by atoms with Crippen LogP contribution in [-0.4, -0.2) is 28.1 Å². The lowest BCUT2D eigenvalue weighted by molar-refractivity contribution is -0.146. The molecule has 0 bridgehead atoms. The van der Waals surface area contributed by atoms with Crippen LogP contribution < -0.4 is 0 Å². The molecule has 0 heterocycles. The number of aliphatic hydroxyl groups is 1. The van der Waals surface area contributed by atoms with Gasteiger partial charge in [0.15, 0.2) is 5.78 Å². The number of hydrogen-bond acceptors (Lipinski definition) is 3. The second kappa shape index (κ2) is 3.62. The van der Waals surface area contributed by atoms with Crippen molar-refractivity contribution in [2.45, 2.75) is 12.5 Å². The predicted molar refractivity (Wildman–Crippen MR) is 52.0 cm³/mol. The molecule has 2 aliphatic rings. The lowest BCUT2D eigenvalue weighted by atomic mass is 9.69. The van der Waals surface area contributed by atoms with E-state index in [4.69, 9.17) is 5.11 Å². The van der Waals surface area contributed by atoms with Gasteiger partial charge in [-0.3, -0.25) is 9.59 Å². The highest BCUT2D eigenvalue weighted by molar-refractivity contribution is 5.96. The van der Waals surface area contributed by atoms with Crippen molar-refractivity contribution in [1.29, 1.82) is 0 Å². The molecule has 2 N–H and O–H groups in total. The number of carboxylic acid groups (broad SMARTS) is 1. The van der Waals surface area contributed by atoms with Crippen molar-refractivity contribution in [2.24, 2.45) is 17.8 Å². The highest BCUT2D eigenvalue weighted by Gasteiger charge is 2.43. The molecule has 2 aliphatic carbocycles. The van der Waals surface area contributed by atoms with Crippen molar-refractivity contribution in [2.75, 3.05) is 0 Å². The fourth-order valence-corrected chi connectivity index (χ4v) is 2.34. The summed E-state index contributed by atoms with van der Waals surface area (Å²) >= 11 is 0. The van der Waals surface area contributed by atoms with E-state index in [0.717, 1.165) is 0 Å². The van der Waals surface area contributed by atoms with Crippen LogP contribution in [0.15, 0.2) is 24.3 Å². The molecule has 80 valence electrons. The van der Waals surface area contributed by atoms with Gasteiger partial charge in [0, 0.05) is 11.8 Å². The summed E-state index contributed by atoms with van der Waals surface area (Å²) in [7, 11) is 0. The van der Waals surface area contributed by atoms with E-state index >= 15 is 0 Å². The Morgan fingerprint density at radius 3 is 2.80 bits per heavy atom. The smallest absolute Gasteiger partial charge is 0.311 e. The second-order valence-corrected chi connectivity index (χ2v) is 3.97. The molecule has 0 saturated heterocycles. The van der Waals surface area contributed by atoms with Crippen LogP contribution in [0.5, 0.6) is 0 Å². The Bertz CT molecular complexity index is 356. The van der Waals surface area contributed by atoms with Crippen LogP contribution in [0.3, 0.4) is 0 Å². The number of carboxylic acids is 1. The molecule has 0 aromatic carbocycles. The standard InChI is InChI=1S/C11H12O4/c12-8-4-5-9(13)10-6(8)2-1-3-7(10)11(14)15/h1,3-8,10,12H,2H2,(H,14,15)/t6-,7+,8+,10+/m0/s1. The fraction of sp³-hybridized carbons (Fsp3) is 0.455. The van der Waals surface area contributed by atoms with Gasteiger partial charge in [0.05, 0.1) is 12.0 Å². The van der Waals surface area contributed by atoms with Crippen molar-refractivity contribution < 1.29 is 19.8 Å². The Kier molecular flexibility index (Phi) is 2.44. The van der Waals surface area contributed by atoms with Gasteiger partial charge in [0.25, 0.3) is 0 Å². The highest BCUT2D eigenvalue weighted by atomic mass is 16.4. The Labute approximate surface area is 86.9 Å². The number of fused-ring (bicyclic) bond motifs is 1. The van der Waals surface area contributed by atoms with Crippen LogP contribution in [0, 0.1) is 17.8 Å². The lowest BCUT2D eigenvalue weighted by Crippen LogP contribution is -2.42. The first-order valence-corrected chi connectivity index (χ1v) is 4.91. The van der Waals surface area contributed by atoms with E-state index < -0.39 is 23.9 Å². The van der Waals surface area contributed by atoms with E-state index in [9.17, 15) is 14.7 Å². The van der Waals surface area contributed by atoms with Gasteiger partial charge < -0.3 is 10.2 Å². The van der Waals surface area contributed by atoms with Crippen molar-refractivity contribution >= 4 is 11.8 Å². The summed E-state index contributed by atoms with van der Waals surface area (Å²) in [4.78, 5) is 22.5. The van der Waals surface area contributed by atoms with Gasteiger partial charge in [-0.25, -0.2) is 0 Å². The van der Waals surface area contributed by atoms with Gasteiger partial charge in [0.2, 0.25) is 0 Å². The quantitative estimate of drug-likeness (QED) is 0.611. The average Bonchev–Trinajstić information content (AvgIpc) is 2.23. The minimum absolute atomic E-state index is 0.193. The Morgan fingerprint density at radius 1 is 1.40 bits per heavy atom. The Balaban J connectivity index is 2.36. The Hall–Kier alpha value is -1.42. The number of ketones is 1. The van der Waals surface area contributed by atoms with Crippen LogP contribution in [0.1, 0.15) is 6.42 Å². The minimum atomic E-state index is -1.00. The third kappa shape index (κ3) is 1.61. The molecule has 0 radical (unpaired) electrons. The highest BCUT2D eigenvalue weighted by Crippen LogP contribution is 2.36. The number of aliphatic carboxylic acids is 1. The molecule has 2 rings (SSSR count). The summed E-state index contributed by atoms with van der Waals surface area (Å²) < 4.78 is 0. The molecule has 4 heteroatoms. The van der Waals surface area contributed by atoms with Crippen LogP contribution in [0.2, 0.25) is 0 Å².